The predicted molar refractivity (Wildman–Crippen MR) is 112 cm³/mol. The van der Waals surface area contributed by atoms with Crippen LogP contribution >= 0.6 is 11.3 Å². The van der Waals surface area contributed by atoms with E-state index in [0.29, 0.717) is 23.2 Å². The van der Waals surface area contributed by atoms with Crippen LogP contribution in [-0.2, 0) is 6.54 Å². The van der Waals surface area contributed by atoms with E-state index in [1.807, 2.05) is 23.6 Å². The number of nitrogens with one attached hydrogen (secondary N) is 2. The molecule has 0 bridgehead atoms. The van der Waals surface area contributed by atoms with Gasteiger partial charge in [0.1, 0.15) is 0 Å². The van der Waals surface area contributed by atoms with Crippen LogP contribution in [0.1, 0.15) is 16.7 Å². The van der Waals surface area contributed by atoms with Gasteiger partial charge < -0.3 is 14.8 Å². The molecular formula is C21H23N3O3S. The topological polar surface area (TPSA) is 72.5 Å². The van der Waals surface area contributed by atoms with Crippen LogP contribution in [0.15, 0.2) is 41.8 Å². The zero-order valence-corrected chi connectivity index (χ0v) is 17.1. The first-order valence-electron chi connectivity index (χ1n) is 8.79. The number of hydrogen-bond acceptors (Lipinski definition) is 5. The number of nitrogens with zero attached hydrogens (tertiary/aromatic N) is 1. The first-order chi connectivity index (χ1) is 13.5. The summed E-state index contributed by atoms with van der Waals surface area (Å²) in [5, 5.41) is 8.11. The van der Waals surface area contributed by atoms with Gasteiger partial charge in [0.2, 0.25) is 0 Å². The Morgan fingerprint density at radius 2 is 1.86 bits per heavy atom. The lowest BCUT2D eigenvalue weighted by Crippen LogP contribution is -2.28. The van der Waals surface area contributed by atoms with Gasteiger partial charge in [-0.15, -0.1) is 11.3 Å². The Bertz CT molecular complexity index is 985. The highest BCUT2D eigenvalue weighted by molar-refractivity contribution is 7.14. The second-order valence-electron chi connectivity index (χ2n) is 6.35. The second-order valence-corrected chi connectivity index (χ2v) is 7.21. The molecule has 0 fully saturated rings. The summed E-state index contributed by atoms with van der Waals surface area (Å²) >= 11 is 1.40. The Hall–Kier alpha value is -3.06. The van der Waals surface area contributed by atoms with Crippen molar-refractivity contribution in [3.8, 4) is 22.8 Å². The molecule has 0 aliphatic heterocycles. The normalized spacial score (nSPS) is 10.4. The van der Waals surface area contributed by atoms with Crippen LogP contribution in [0.4, 0.5) is 9.93 Å². The van der Waals surface area contributed by atoms with Crippen LogP contribution in [0.25, 0.3) is 11.3 Å². The minimum Gasteiger partial charge on any atom is -0.493 e. The summed E-state index contributed by atoms with van der Waals surface area (Å²) in [5.74, 6) is 1.28. The summed E-state index contributed by atoms with van der Waals surface area (Å²) in [6, 6.07) is 11.5. The van der Waals surface area contributed by atoms with E-state index < -0.39 is 0 Å². The number of methoxy groups -OCH3 is 2. The van der Waals surface area contributed by atoms with Crippen LogP contribution in [0.2, 0.25) is 0 Å². The molecule has 6 nitrogen and oxygen atoms in total. The first-order valence-corrected chi connectivity index (χ1v) is 9.67. The molecule has 0 unspecified atom stereocenters. The maximum absolute atomic E-state index is 12.2. The molecule has 146 valence electrons. The molecule has 3 rings (SSSR count). The fourth-order valence-electron chi connectivity index (χ4n) is 2.87. The maximum atomic E-state index is 12.2. The van der Waals surface area contributed by atoms with Crippen molar-refractivity contribution in [3.63, 3.8) is 0 Å². The van der Waals surface area contributed by atoms with Crippen molar-refractivity contribution in [1.29, 1.82) is 0 Å². The summed E-state index contributed by atoms with van der Waals surface area (Å²) in [5.41, 5.74) is 5.21. The SMILES string of the molecule is COc1ccc(CNC(=O)Nc2nc(-c3ccc(C)cc3C)cs2)cc1OC. The number of carbonyl (C=O) groups is 1. The zero-order chi connectivity index (χ0) is 20.1. The molecule has 0 radical (unpaired) electrons. The monoisotopic (exact) mass is 397 g/mol. The zero-order valence-electron chi connectivity index (χ0n) is 16.3. The van der Waals surface area contributed by atoms with Gasteiger partial charge >= 0.3 is 6.03 Å². The molecule has 28 heavy (non-hydrogen) atoms. The van der Waals surface area contributed by atoms with E-state index in [9.17, 15) is 4.79 Å². The van der Waals surface area contributed by atoms with E-state index in [1.54, 1.807) is 14.2 Å². The van der Waals surface area contributed by atoms with Gasteiger partial charge in [0.15, 0.2) is 16.6 Å². The highest BCUT2D eigenvalue weighted by Gasteiger charge is 2.10. The largest absolute Gasteiger partial charge is 0.493 e. The maximum Gasteiger partial charge on any atom is 0.321 e. The van der Waals surface area contributed by atoms with E-state index in [4.69, 9.17) is 9.47 Å². The minimum absolute atomic E-state index is 0.309. The molecule has 1 heterocycles. The molecule has 0 atom stereocenters. The van der Waals surface area contributed by atoms with Crippen LogP contribution < -0.4 is 20.1 Å². The van der Waals surface area contributed by atoms with Crippen molar-refractivity contribution in [2.24, 2.45) is 0 Å². The summed E-state index contributed by atoms with van der Waals surface area (Å²) in [6.45, 7) is 4.49. The number of carbonyl (C=O) groups excluding carboxylic acids is 1. The third-order valence-electron chi connectivity index (χ3n) is 4.28. The Labute approximate surface area is 168 Å². The van der Waals surface area contributed by atoms with Crippen molar-refractivity contribution in [1.82, 2.24) is 10.3 Å². The Kier molecular flexibility index (Phi) is 6.16. The van der Waals surface area contributed by atoms with Gasteiger partial charge in [0.05, 0.1) is 19.9 Å². The van der Waals surface area contributed by atoms with Gasteiger partial charge in [-0.3, -0.25) is 5.32 Å². The average molecular weight is 398 g/mol. The van der Waals surface area contributed by atoms with Crippen molar-refractivity contribution < 1.29 is 14.3 Å². The summed E-state index contributed by atoms with van der Waals surface area (Å²) in [6.07, 6.45) is 0. The molecule has 0 saturated heterocycles. The van der Waals surface area contributed by atoms with Crippen molar-refractivity contribution in [2.75, 3.05) is 19.5 Å². The lowest BCUT2D eigenvalue weighted by molar-refractivity contribution is 0.251. The molecule has 1 aromatic heterocycles. The number of amides is 2. The van der Waals surface area contributed by atoms with Crippen molar-refractivity contribution in [2.45, 2.75) is 20.4 Å². The molecule has 2 aromatic carbocycles. The molecule has 0 saturated carbocycles. The number of ether oxygens (including phenoxy) is 2. The molecule has 0 spiro atoms. The number of benzene rings is 2. The average Bonchev–Trinajstić information content (AvgIpc) is 3.14. The number of urea groups is 1. The summed E-state index contributed by atoms with van der Waals surface area (Å²) in [4.78, 5) is 16.7. The molecule has 2 amide bonds. The third kappa shape index (κ3) is 4.61. The summed E-state index contributed by atoms with van der Waals surface area (Å²) in [7, 11) is 3.17. The van der Waals surface area contributed by atoms with Gasteiger partial charge in [0, 0.05) is 17.5 Å². The fraction of sp³-hybridized carbons (Fsp3) is 0.238. The third-order valence-corrected chi connectivity index (χ3v) is 5.04. The quantitative estimate of drug-likeness (QED) is 0.629. The number of aromatic nitrogens is 1. The number of hydrogen-bond donors (Lipinski definition) is 2. The lowest BCUT2D eigenvalue weighted by Gasteiger charge is -2.10. The number of aryl methyl sites for hydroxylation is 2. The van der Waals surface area contributed by atoms with Gasteiger partial charge in [-0.1, -0.05) is 29.8 Å². The molecule has 0 aliphatic carbocycles. The van der Waals surface area contributed by atoms with Gasteiger partial charge in [0.25, 0.3) is 0 Å². The molecule has 2 N–H and O–H groups in total. The van der Waals surface area contributed by atoms with Gasteiger partial charge in [-0.05, 0) is 37.1 Å². The summed E-state index contributed by atoms with van der Waals surface area (Å²) < 4.78 is 10.5. The van der Waals surface area contributed by atoms with Crippen molar-refractivity contribution >= 4 is 22.5 Å². The standard InChI is InChI=1S/C21H23N3O3S/c1-13-5-7-16(14(2)9-13)17-12-28-21(23-17)24-20(25)22-11-15-6-8-18(26-3)19(10-15)27-4/h5-10,12H,11H2,1-4H3,(H2,22,23,24,25). The smallest absolute Gasteiger partial charge is 0.321 e. The Balaban J connectivity index is 1.61. The van der Waals surface area contributed by atoms with Gasteiger partial charge in [-0.25, -0.2) is 9.78 Å². The van der Waals surface area contributed by atoms with E-state index in [-0.39, 0.29) is 6.03 Å². The van der Waals surface area contributed by atoms with Crippen LogP contribution in [-0.4, -0.2) is 25.2 Å². The predicted octanol–water partition coefficient (Wildman–Crippen LogP) is 4.77. The highest BCUT2D eigenvalue weighted by atomic mass is 32.1. The Morgan fingerprint density at radius 1 is 1.07 bits per heavy atom. The van der Waals surface area contributed by atoms with Crippen LogP contribution in [0, 0.1) is 13.8 Å². The number of anilines is 1. The molecular weight excluding hydrogens is 374 g/mol. The fourth-order valence-corrected chi connectivity index (χ4v) is 3.58. The second kappa shape index (κ2) is 8.75. The van der Waals surface area contributed by atoms with Crippen LogP contribution in [0.3, 0.4) is 0 Å². The van der Waals surface area contributed by atoms with Crippen molar-refractivity contribution in [3.05, 3.63) is 58.5 Å². The van der Waals surface area contributed by atoms with E-state index in [0.717, 1.165) is 22.4 Å². The Morgan fingerprint density at radius 3 is 2.57 bits per heavy atom. The minimum atomic E-state index is -0.309. The molecule has 0 aliphatic rings. The number of rotatable bonds is 6. The first kappa shape index (κ1) is 19.7. The van der Waals surface area contributed by atoms with E-state index in [2.05, 4.69) is 47.7 Å². The van der Waals surface area contributed by atoms with E-state index >= 15 is 0 Å². The molecule has 3 aromatic rings. The van der Waals surface area contributed by atoms with Crippen LogP contribution in [0.5, 0.6) is 11.5 Å². The molecule has 7 heteroatoms. The van der Waals surface area contributed by atoms with Gasteiger partial charge in [-0.2, -0.15) is 0 Å². The number of thiazole rings is 1. The van der Waals surface area contributed by atoms with E-state index in [1.165, 1.54) is 16.9 Å². The lowest BCUT2D eigenvalue weighted by atomic mass is 10.0. The highest BCUT2D eigenvalue weighted by Crippen LogP contribution is 2.29.